The number of carboxylic acid groups (broad SMARTS) is 1. The van der Waals surface area contributed by atoms with E-state index in [0.717, 1.165) is 51.4 Å². The first-order valence-corrected chi connectivity index (χ1v) is 24.1. The number of carbonyl (C=O) groups excluding carboxylic acids is 2. The maximum absolute atomic E-state index is 12.7. The lowest BCUT2D eigenvalue weighted by atomic mass is 10.0. The van der Waals surface area contributed by atoms with Crippen molar-refractivity contribution in [3.8, 4) is 0 Å². The fraction of sp³-hybridized carbons (Fsp3) is 0.712. The zero-order valence-electron chi connectivity index (χ0n) is 39.5. The highest BCUT2D eigenvalue weighted by Gasteiger charge is 2.25. The molecule has 350 valence electrons. The zero-order valence-corrected chi connectivity index (χ0v) is 39.5. The van der Waals surface area contributed by atoms with Gasteiger partial charge in [-0.1, -0.05) is 170 Å². The van der Waals surface area contributed by atoms with Crippen LogP contribution >= 0.6 is 0 Å². The number of carboxylic acids is 1. The number of rotatable bonds is 43. The highest BCUT2D eigenvalue weighted by molar-refractivity contribution is 5.71. The van der Waals surface area contributed by atoms with Crippen LogP contribution in [-0.2, 0) is 33.3 Å². The van der Waals surface area contributed by atoms with E-state index < -0.39 is 24.3 Å². The summed E-state index contributed by atoms with van der Waals surface area (Å²) in [6.07, 6.45) is 51.3. The number of likely N-dealkylation sites (N-methyl/N-ethyl adjacent to an activating group) is 1. The molecule has 0 spiro atoms. The van der Waals surface area contributed by atoms with Crippen molar-refractivity contribution in [2.75, 3.05) is 47.5 Å². The number of aliphatic carboxylic acids is 1. The summed E-state index contributed by atoms with van der Waals surface area (Å²) in [4.78, 5) is 37.1. The molecule has 9 nitrogen and oxygen atoms in total. The van der Waals surface area contributed by atoms with E-state index in [1.165, 1.54) is 96.3 Å². The highest BCUT2D eigenvalue weighted by atomic mass is 16.7. The number of unbranched alkanes of at least 4 members (excludes halogenated alkanes) is 16. The summed E-state index contributed by atoms with van der Waals surface area (Å²) in [6.45, 7) is 4.64. The predicted octanol–water partition coefficient (Wildman–Crippen LogP) is 13.1. The summed E-state index contributed by atoms with van der Waals surface area (Å²) in [5, 5.41) is 9.64. The van der Waals surface area contributed by atoms with Crippen LogP contribution in [-0.4, -0.2) is 87.4 Å². The number of esters is 2. The van der Waals surface area contributed by atoms with Crippen LogP contribution in [0.1, 0.15) is 181 Å². The number of hydrogen-bond donors (Lipinski definition) is 1. The Labute approximate surface area is 373 Å². The molecule has 0 saturated carbocycles. The van der Waals surface area contributed by atoms with Crippen LogP contribution < -0.4 is 0 Å². The fourth-order valence-electron chi connectivity index (χ4n) is 6.23. The largest absolute Gasteiger partial charge is 0.477 e. The van der Waals surface area contributed by atoms with Crippen molar-refractivity contribution in [2.24, 2.45) is 0 Å². The van der Waals surface area contributed by atoms with Crippen molar-refractivity contribution in [3.63, 3.8) is 0 Å². The van der Waals surface area contributed by atoms with E-state index in [1.54, 1.807) is 0 Å². The number of carbonyl (C=O) groups is 3. The summed E-state index contributed by atoms with van der Waals surface area (Å²) in [5.74, 6) is -2.12. The SMILES string of the molecule is CC/C=C\C/C=C\C/C=C\C/C=C\CCC(=O)OC(COC(=O)CCCCCCCCCCCCC/C=C\C/C=C\CCCCCCC)COC(OCC[N+](C)(C)C)C(=O)O. The molecule has 9 heteroatoms. The lowest BCUT2D eigenvalue weighted by Crippen LogP contribution is -2.40. The van der Waals surface area contributed by atoms with E-state index in [9.17, 15) is 19.5 Å². The summed E-state index contributed by atoms with van der Waals surface area (Å²) in [6, 6.07) is 0. The molecule has 0 bridgehead atoms. The molecule has 1 N–H and O–H groups in total. The molecular formula is C52H90NO8+. The minimum absolute atomic E-state index is 0.136. The Kier molecular flexibility index (Phi) is 41.1. The van der Waals surface area contributed by atoms with Crippen LogP contribution in [0.2, 0.25) is 0 Å². The first-order chi connectivity index (χ1) is 29.6. The molecule has 0 heterocycles. The van der Waals surface area contributed by atoms with Gasteiger partial charge >= 0.3 is 17.9 Å². The summed E-state index contributed by atoms with van der Waals surface area (Å²) >= 11 is 0. The van der Waals surface area contributed by atoms with Gasteiger partial charge in [0.2, 0.25) is 0 Å². The summed E-state index contributed by atoms with van der Waals surface area (Å²) < 4.78 is 22.6. The summed E-state index contributed by atoms with van der Waals surface area (Å²) in [7, 11) is 5.93. The minimum atomic E-state index is -1.53. The van der Waals surface area contributed by atoms with Crippen LogP contribution in [0.15, 0.2) is 72.9 Å². The molecule has 0 fully saturated rings. The van der Waals surface area contributed by atoms with E-state index in [-0.39, 0.29) is 38.6 Å². The van der Waals surface area contributed by atoms with Gasteiger partial charge in [0.15, 0.2) is 6.10 Å². The molecule has 0 aromatic rings. The van der Waals surface area contributed by atoms with Crippen LogP contribution in [0.4, 0.5) is 0 Å². The Balaban J connectivity index is 4.37. The van der Waals surface area contributed by atoms with Gasteiger partial charge in [-0.05, 0) is 70.6 Å². The van der Waals surface area contributed by atoms with Crippen LogP contribution in [0.25, 0.3) is 0 Å². The van der Waals surface area contributed by atoms with E-state index in [0.29, 0.717) is 17.4 Å². The molecule has 0 radical (unpaired) electrons. The molecule has 0 aliphatic carbocycles. The third-order valence-corrected chi connectivity index (χ3v) is 9.96. The Morgan fingerprint density at radius 2 is 0.967 bits per heavy atom. The fourth-order valence-corrected chi connectivity index (χ4v) is 6.23. The highest BCUT2D eigenvalue weighted by Crippen LogP contribution is 2.14. The Hall–Kier alpha value is -3.27. The maximum atomic E-state index is 12.7. The molecule has 0 saturated heterocycles. The second-order valence-electron chi connectivity index (χ2n) is 17.0. The van der Waals surface area contributed by atoms with E-state index in [2.05, 4.69) is 74.6 Å². The van der Waals surface area contributed by atoms with Gasteiger partial charge < -0.3 is 28.5 Å². The smallest absolute Gasteiger partial charge is 0.361 e. The first kappa shape index (κ1) is 57.7. The average molecular weight is 857 g/mol. The van der Waals surface area contributed by atoms with Crippen LogP contribution in [0.5, 0.6) is 0 Å². The van der Waals surface area contributed by atoms with Gasteiger partial charge in [-0.15, -0.1) is 0 Å². The van der Waals surface area contributed by atoms with Crippen molar-refractivity contribution in [2.45, 2.75) is 193 Å². The predicted molar refractivity (Wildman–Crippen MR) is 253 cm³/mol. The van der Waals surface area contributed by atoms with Crippen LogP contribution in [0, 0.1) is 0 Å². The van der Waals surface area contributed by atoms with Gasteiger partial charge in [0, 0.05) is 12.8 Å². The van der Waals surface area contributed by atoms with Crippen molar-refractivity contribution in [1.29, 1.82) is 0 Å². The molecule has 61 heavy (non-hydrogen) atoms. The third kappa shape index (κ3) is 44.6. The molecule has 0 aliphatic rings. The molecular weight excluding hydrogens is 767 g/mol. The number of hydrogen-bond acceptors (Lipinski definition) is 7. The van der Waals surface area contributed by atoms with E-state index in [1.807, 2.05) is 33.3 Å². The molecule has 0 amide bonds. The molecule has 2 atom stereocenters. The molecule has 0 rings (SSSR count). The maximum Gasteiger partial charge on any atom is 0.361 e. The molecule has 0 aromatic heterocycles. The van der Waals surface area contributed by atoms with Gasteiger partial charge in [0.05, 0.1) is 34.4 Å². The van der Waals surface area contributed by atoms with Crippen molar-refractivity contribution < 1.29 is 42.9 Å². The van der Waals surface area contributed by atoms with Crippen LogP contribution in [0.3, 0.4) is 0 Å². The van der Waals surface area contributed by atoms with Gasteiger partial charge in [0.25, 0.3) is 6.29 Å². The van der Waals surface area contributed by atoms with Crippen molar-refractivity contribution in [1.82, 2.24) is 0 Å². The quantitative estimate of drug-likeness (QED) is 0.0212. The molecule has 0 aromatic carbocycles. The first-order valence-electron chi connectivity index (χ1n) is 24.1. The normalized spacial score (nSPS) is 13.5. The van der Waals surface area contributed by atoms with E-state index in [4.69, 9.17) is 18.9 Å². The Morgan fingerprint density at radius 3 is 1.46 bits per heavy atom. The van der Waals surface area contributed by atoms with Gasteiger partial charge in [-0.2, -0.15) is 0 Å². The van der Waals surface area contributed by atoms with Gasteiger partial charge in [-0.25, -0.2) is 4.79 Å². The van der Waals surface area contributed by atoms with Crippen molar-refractivity contribution >= 4 is 17.9 Å². The van der Waals surface area contributed by atoms with Crippen molar-refractivity contribution in [3.05, 3.63) is 72.9 Å². The lowest BCUT2D eigenvalue weighted by Gasteiger charge is -2.25. The second kappa shape index (κ2) is 43.4. The zero-order chi connectivity index (χ0) is 44.9. The third-order valence-electron chi connectivity index (χ3n) is 9.96. The standard InChI is InChI=1S/C52H89NO8/c1-6-8-10-12-14-16-18-20-21-22-23-24-25-26-27-28-29-31-32-34-36-38-40-42-49(54)59-46-48(47-60-52(51(56)57)58-45-44-53(3,4)5)61-50(55)43-41-39-37-35-33-30-19-17-15-13-11-9-7-2/h9,11,15,17-18,20,22-23,30,33,37,39,48,52H,6-8,10,12-14,16,19,21,24-29,31-32,34-36,38,40-47H2,1-5H3/p+1/b11-9-,17-15-,20-18-,23-22-,33-30-,39-37-. The number of nitrogens with zero attached hydrogens (tertiary/aromatic N) is 1. The number of quaternary nitrogens is 1. The Bertz CT molecular complexity index is 1230. The van der Waals surface area contributed by atoms with Gasteiger partial charge in [-0.3, -0.25) is 9.59 Å². The molecule has 0 aliphatic heterocycles. The number of ether oxygens (including phenoxy) is 4. The van der Waals surface area contributed by atoms with Gasteiger partial charge in [0.1, 0.15) is 13.2 Å². The average Bonchev–Trinajstić information content (AvgIpc) is 3.22. The monoisotopic (exact) mass is 857 g/mol. The Morgan fingerprint density at radius 1 is 0.508 bits per heavy atom. The minimum Gasteiger partial charge on any atom is -0.477 e. The second-order valence-corrected chi connectivity index (χ2v) is 17.0. The molecule has 2 unspecified atom stereocenters. The van der Waals surface area contributed by atoms with E-state index >= 15 is 0 Å². The topological polar surface area (TPSA) is 108 Å². The number of allylic oxidation sites excluding steroid dienone is 12. The summed E-state index contributed by atoms with van der Waals surface area (Å²) in [5.41, 5.74) is 0. The lowest BCUT2D eigenvalue weighted by molar-refractivity contribution is -0.870.